The van der Waals surface area contributed by atoms with Crippen molar-refractivity contribution >= 4 is 17.5 Å². The molecule has 136 valence electrons. The first-order valence-corrected chi connectivity index (χ1v) is 8.81. The fraction of sp³-hybridized carbons (Fsp3) is 0.130. The Balaban J connectivity index is 1.72. The highest BCUT2D eigenvalue weighted by atomic mass is 16.2. The minimum Gasteiger partial charge on any atom is -0.337 e. The van der Waals surface area contributed by atoms with E-state index in [4.69, 9.17) is 0 Å². The van der Waals surface area contributed by atoms with Crippen molar-refractivity contribution in [1.82, 2.24) is 4.90 Å². The molecule has 1 N–H and O–H groups in total. The normalized spacial score (nSPS) is 10.3. The van der Waals surface area contributed by atoms with Gasteiger partial charge in [-0.2, -0.15) is 0 Å². The number of nitrogens with one attached hydrogen (secondary N) is 1. The van der Waals surface area contributed by atoms with E-state index in [1.54, 1.807) is 42.3 Å². The van der Waals surface area contributed by atoms with Crippen molar-refractivity contribution in [3.05, 3.63) is 101 Å². The Morgan fingerprint density at radius 1 is 0.889 bits per heavy atom. The van der Waals surface area contributed by atoms with Gasteiger partial charge >= 0.3 is 0 Å². The molecule has 0 aromatic heterocycles. The van der Waals surface area contributed by atoms with Crippen LogP contribution in [0.15, 0.2) is 78.9 Å². The summed E-state index contributed by atoms with van der Waals surface area (Å²) in [6.45, 7) is 2.42. The van der Waals surface area contributed by atoms with Crippen LogP contribution in [0.1, 0.15) is 31.8 Å². The SMILES string of the molecule is Cc1ccccc1C(=O)Nc1cccc(C(=O)N(C)Cc2ccccc2)c1. The van der Waals surface area contributed by atoms with Crippen LogP contribution in [0.25, 0.3) is 0 Å². The number of benzene rings is 3. The Morgan fingerprint density at radius 2 is 1.59 bits per heavy atom. The summed E-state index contributed by atoms with van der Waals surface area (Å²) >= 11 is 0. The van der Waals surface area contributed by atoms with E-state index in [0.29, 0.717) is 23.4 Å². The molecule has 0 spiro atoms. The summed E-state index contributed by atoms with van der Waals surface area (Å²) in [6, 6.07) is 24.3. The third-order valence-electron chi connectivity index (χ3n) is 4.37. The van der Waals surface area contributed by atoms with Gasteiger partial charge in [0.25, 0.3) is 11.8 Å². The Hall–Kier alpha value is -3.40. The Kier molecular flexibility index (Phi) is 5.67. The van der Waals surface area contributed by atoms with E-state index in [-0.39, 0.29) is 11.8 Å². The number of hydrogen-bond acceptors (Lipinski definition) is 2. The Bertz CT molecular complexity index is 951. The lowest BCUT2D eigenvalue weighted by Crippen LogP contribution is -2.26. The van der Waals surface area contributed by atoms with Crippen molar-refractivity contribution < 1.29 is 9.59 Å². The summed E-state index contributed by atoms with van der Waals surface area (Å²) in [5, 5.41) is 2.87. The van der Waals surface area contributed by atoms with Crippen LogP contribution in [0.4, 0.5) is 5.69 Å². The lowest BCUT2D eigenvalue weighted by atomic mass is 10.1. The first-order valence-electron chi connectivity index (χ1n) is 8.81. The summed E-state index contributed by atoms with van der Waals surface area (Å²) in [7, 11) is 1.77. The number of anilines is 1. The highest BCUT2D eigenvalue weighted by molar-refractivity contribution is 6.06. The molecule has 3 aromatic carbocycles. The molecule has 0 aliphatic heterocycles. The van der Waals surface area contributed by atoms with Gasteiger partial charge in [0.2, 0.25) is 0 Å². The van der Waals surface area contributed by atoms with Crippen LogP contribution < -0.4 is 5.32 Å². The molecular formula is C23H22N2O2. The van der Waals surface area contributed by atoms with E-state index in [1.165, 1.54) is 0 Å². The first kappa shape index (κ1) is 18.4. The van der Waals surface area contributed by atoms with Gasteiger partial charge < -0.3 is 10.2 Å². The topological polar surface area (TPSA) is 49.4 Å². The summed E-state index contributed by atoms with van der Waals surface area (Å²) in [5.41, 5.74) is 3.73. The van der Waals surface area contributed by atoms with Gasteiger partial charge in [-0.05, 0) is 42.3 Å². The summed E-state index contributed by atoms with van der Waals surface area (Å²) < 4.78 is 0. The van der Waals surface area contributed by atoms with Crippen LogP contribution in [0.2, 0.25) is 0 Å². The lowest BCUT2D eigenvalue weighted by molar-refractivity contribution is 0.0784. The van der Waals surface area contributed by atoms with Crippen molar-refractivity contribution in [2.24, 2.45) is 0 Å². The number of nitrogens with zero attached hydrogens (tertiary/aromatic N) is 1. The molecule has 0 unspecified atom stereocenters. The van der Waals surface area contributed by atoms with Crippen LogP contribution in [0, 0.1) is 6.92 Å². The van der Waals surface area contributed by atoms with E-state index >= 15 is 0 Å². The van der Waals surface area contributed by atoms with Crippen molar-refractivity contribution in [3.63, 3.8) is 0 Å². The third-order valence-corrected chi connectivity index (χ3v) is 4.37. The predicted molar refractivity (Wildman–Crippen MR) is 108 cm³/mol. The standard InChI is InChI=1S/C23H22N2O2/c1-17-9-6-7-14-21(17)22(26)24-20-13-8-12-19(15-20)23(27)25(2)16-18-10-4-3-5-11-18/h3-15H,16H2,1-2H3,(H,24,26). The number of carbonyl (C=O) groups is 2. The summed E-state index contributed by atoms with van der Waals surface area (Å²) in [4.78, 5) is 26.9. The average Bonchev–Trinajstić information content (AvgIpc) is 2.68. The van der Waals surface area contributed by atoms with E-state index < -0.39 is 0 Å². The summed E-state index contributed by atoms with van der Waals surface area (Å²) in [6.07, 6.45) is 0. The molecule has 3 aromatic rings. The van der Waals surface area contributed by atoms with Crippen molar-refractivity contribution in [1.29, 1.82) is 0 Å². The molecule has 4 heteroatoms. The van der Waals surface area contributed by atoms with Crippen molar-refractivity contribution in [3.8, 4) is 0 Å². The maximum Gasteiger partial charge on any atom is 0.255 e. The predicted octanol–water partition coefficient (Wildman–Crippen LogP) is 4.52. The first-order chi connectivity index (χ1) is 13.0. The molecule has 0 bridgehead atoms. The number of rotatable bonds is 5. The zero-order valence-corrected chi connectivity index (χ0v) is 15.5. The molecule has 27 heavy (non-hydrogen) atoms. The highest BCUT2D eigenvalue weighted by Gasteiger charge is 2.14. The number of hydrogen-bond donors (Lipinski definition) is 1. The molecular weight excluding hydrogens is 336 g/mol. The smallest absolute Gasteiger partial charge is 0.255 e. The van der Waals surface area contributed by atoms with E-state index in [2.05, 4.69) is 5.32 Å². The number of carbonyl (C=O) groups excluding carboxylic acids is 2. The van der Waals surface area contributed by atoms with Crippen LogP contribution >= 0.6 is 0 Å². The molecule has 0 saturated carbocycles. The molecule has 3 rings (SSSR count). The second-order valence-corrected chi connectivity index (χ2v) is 6.50. The van der Waals surface area contributed by atoms with E-state index in [9.17, 15) is 9.59 Å². The monoisotopic (exact) mass is 358 g/mol. The molecule has 0 saturated heterocycles. The van der Waals surface area contributed by atoms with Crippen LogP contribution in [0.5, 0.6) is 0 Å². The number of aryl methyl sites for hydroxylation is 1. The lowest BCUT2D eigenvalue weighted by Gasteiger charge is -2.18. The Labute approximate surface area is 159 Å². The zero-order valence-electron chi connectivity index (χ0n) is 15.5. The van der Waals surface area contributed by atoms with Crippen LogP contribution in [-0.2, 0) is 6.54 Å². The minimum absolute atomic E-state index is 0.0918. The van der Waals surface area contributed by atoms with Gasteiger partial charge in [0.1, 0.15) is 0 Å². The molecule has 0 heterocycles. The minimum atomic E-state index is -0.185. The zero-order chi connectivity index (χ0) is 19.2. The average molecular weight is 358 g/mol. The molecule has 0 radical (unpaired) electrons. The van der Waals surface area contributed by atoms with Gasteiger partial charge in [-0.15, -0.1) is 0 Å². The molecule has 0 fully saturated rings. The number of amides is 2. The second-order valence-electron chi connectivity index (χ2n) is 6.50. The molecule has 0 aliphatic rings. The highest BCUT2D eigenvalue weighted by Crippen LogP contribution is 2.16. The van der Waals surface area contributed by atoms with Crippen LogP contribution in [0.3, 0.4) is 0 Å². The Morgan fingerprint density at radius 3 is 2.33 bits per heavy atom. The van der Waals surface area contributed by atoms with Crippen LogP contribution in [-0.4, -0.2) is 23.8 Å². The molecule has 0 aliphatic carbocycles. The maximum atomic E-state index is 12.7. The summed E-state index contributed by atoms with van der Waals surface area (Å²) in [5.74, 6) is -0.277. The van der Waals surface area contributed by atoms with Gasteiger partial charge in [0, 0.05) is 30.4 Å². The fourth-order valence-electron chi connectivity index (χ4n) is 2.91. The molecule has 4 nitrogen and oxygen atoms in total. The largest absolute Gasteiger partial charge is 0.337 e. The van der Waals surface area contributed by atoms with Gasteiger partial charge in [-0.1, -0.05) is 54.6 Å². The van der Waals surface area contributed by atoms with Gasteiger partial charge in [-0.3, -0.25) is 9.59 Å². The van der Waals surface area contributed by atoms with E-state index in [1.807, 2.05) is 55.5 Å². The van der Waals surface area contributed by atoms with Gasteiger partial charge in [-0.25, -0.2) is 0 Å². The van der Waals surface area contributed by atoms with Crippen molar-refractivity contribution in [2.75, 3.05) is 12.4 Å². The maximum absolute atomic E-state index is 12.7. The second kappa shape index (κ2) is 8.32. The van der Waals surface area contributed by atoms with Gasteiger partial charge in [0.05, 0.1) is 0 Å². The quantitative estimate of drug-likeness (QED) is 0.729. The van der Waals surface area contributed by atoms with E-state index in [0.717, 1.165) is 11.1 Å². The fourth-order valence-corrected chi connectivity index (χ4v) is 2.91. The van der Waals surface area contributed by atoms with Gasteiger partial charge in [0.15, 0.2) is 0 Å². The van der Waals surface area contributed by atoms with Crippen molar-refractivity contribution in [2.45, 2.75) is 13.5 Å². The molecule has 2 amide bonds. The third kappa shape index (κ3) is 4.61. The molecule has 0 atom stereocenters.